The van der Waals surface area contributed by atoms with Crippen molar-refractivity contribution < 1.29 is 9.21 Å². The zero-order valence-electron chi connectivity index (χ0n) is 12.6. The van der Waals surface area contributed by atoms with E-state index in [0.717, 1.165) is 36.1 Å². The molecular formula is C15H20N4O2S. The summed E-state index contributed by atoms with van der Waals surface area (Å²) in [6.07, 6.45) is 4.79. The van der Waals surface area contributed by atoms with Crippen molar-refractivity contribution in [2.75, 3.05) is 19.6 Å². The number of carbonyl (C=O) groups excluding carboxylic acids is 1. The van der Waals surface area contributed by atoms with Crippen LogP contribution in [0.15, 0.2) is 22.8 Å². The van der Waals surface area contributed by atoms with E-state index >= 15 is 0 Å². The Morgan fingerprint density at radius 1 is 1.50 bits per heavy atom. The molecule has 2 aromatic heterocycles. The average Bonchev–Trinajstić information content (AvgIpc) is 3.28. The third-order valence-electron chi connectivity index (χ3n) is 4.01. The fourth-order valence-corrected chi connectivity index (χ4v) is 3.49. The molecule has 1 saturated heterocycles. The summed E-state index contributed by atoms with van der Waals surface area (Å²) < 4.78 is 9.43. The molecule has 2 aromatic rings. The van der Waals surface area contributed by atoms with E-state index in [-0.39, 0.29) is 11.9 Å². The van der Waals surface area contributed by atoms with Gasteiger partial charge in [0.25, 0.3) is 5.91 Å². The van der Waals surface area contributed by atoms with Gasteiger partial charge in [0, 0.05) is 6.54 Å². The van der Waals surface area contributed by atoms with Gasteiger partial charge in [0.1, 0.15) is 10.6 Å². The maximum atomic E-state index is 12.3. The first-order valence-corrected chi connectivity index (χ1v) is 8.43. The first kappa shape index (κ1) is 15.2. The van der Waals surface area contributed by atoms with Crippen molar-refractivity contribution in [3.63, 3.8) is 0 Å². The lowest BCUT2D eigenvalue weighted by molar-refractivity contribution is 0.0936. The van der Waals surface area contributed by atoms with E-state index in [4.69, 9.17) is 4.42 Å². The molecule has 1 aliphatic heterocycles. The number of aromatic nitrogens is 2. The smallest absolute Gasteiger partial charge is 0.265 e. The first-order valence-electron chi connectivity index (χ1n) is 7.66. The second-order valence-electron chi connectivity index (χ2n) is 5.39. The third-order valence-corrected chi connectivity index (χ3v) is 4.77. The van der Waals surface area contributed by atoms with Crippen molar-refractivity contribution in [1.29, 1.82) is 0 Å². The minimum Gasteiger partial charge on any atom is -0.468 e. The lowest BCUT2D eigenvalue weighted by Crippen LogP contribution is -2.36. The van der Waals surface area contributed by atoms with Gasteiger partial charge < -0.3 is 9.73 Å². The summed E-state index contributed by atoms with van der Waals surface area (Å²) >= 11 is 1.15. The van der Waals surface area contributed by atoms with Crippen LogP contribution in [0, 0.1) is 0 Å². The molecule has 3 heterocycles. The summed E-state index contributed by atoms with van der Waals surface area (Å²) in [7, 11) is 0. The monoisotopic (exact) mass is 320 g/mol. The van der Waals surface area contributed by atoms with E-state index in [1.165, 1.54) is 12.8 Å². The fraction of sp³-hybridized carbons (Fsp3) is 0.533. The van der Waals surface area contributed by atoms with Crippen LogP contribution in [0.4, 0.5) is 0 Å². The van der Waals surface area contributed by atoms with Crippen molar-refractivity contribution in [3.8, 4) is 0 Å². The van der Waals surface area contributed by atoms with Gasteiger partial charge in [-0.15, -0.1) is 5.10 Å². The lowest BCUT2D eigenvalue weighted by Gasteiger charge is -2.25. The zero-order valence-corrected chi connectivity index (χ0v) is 13.4. The van der Waals surface area contributed by atoms with E-state index in [1.807, 2.05) is 19.1 Å². The Morgan fingerprint density at radius 2 is 2.32 bits per heavy atom. The number of aryl methyl sites for hydroxylation is 1. The van der Waals surface area contributed by atoms with Crippen LogP contribution in [0.2, 0.25) is 0 Å². The molecule has 1 fully saturated rings. The van der Waals surface area contributed by atoms with Crippen LogP contribution < -0.4 is 5.32 Å². The summed E-state index contributed by atoms with van der Waals surface area (Å²) in [5, 5.41) is 7.00. The minimum absolute atomic E-state index is 0.0902. The number of furan rings is 1. The summed E-state index contributed by atoms with van der Waals surface area (Å²) in [5.74, 6) is 0.808. The predicted octanol–water partition coefficient (Wildman–Crippen LogP) is 2.26. The van der Waals surface area contributed by atoms with Crippen LogP contribution in [0.3, 0.4) is 0 Å². The number of likely N-dealkylation sites (tertiary alicyclic amines) is 1. The molecule has 1 atom stereocenters. The Morgan fingerprint density at radius 3 is 3.00 bits per heavy atom. The van der Waals surface area contributed by atoms with Gasteiger partial charge in [-0.25, -0.2) is 0 Å². The highest BCUT2D eigenvalue weighted by Crippen LogP contribution is 2.25. The summed E-state index contributed by atoms with van der Waals surface area (Å²) in [4.78, 5) is 15.3. The molecule has 1 amide bonds. The molecule has 7 heteroatoms. The van der Waals surface area contributed by atoms with Crippen molar-refractivity contribution in [2.45, 2.75) is 32.2 Å². The maximum Gasteiger partial charge on any atom is 0.265 e. The predicted molar refractivity (Wildman–Crippen MR) is 83.9 cm³/mol. The first-order chi connectivity index (χ1) is 10.8. The number of hydrogen-bond donors (Lipinski definition) is 1. The van der Waals surface area contributed by atoms with Gasteiger partial charge in [-0.3, -0.25) is 9.69 Å². The number of nitrogens with zero attached hydrogens (tertiary/aromatic N) is 3. The third kappa shape index (κ3) is 3.20. The molecule has 118 valence electrons. The molecule has 0 bridgehead atoms. The molecule has 0 unspecified atom stereocenters. The second-order valence-corrected chi connectivity index (χ2v) is 6.14. The highest BCUT2D eigenvalue weighted by molar-refractivity contribution is 7.08. The number of rotatable bonds is 6. The quantitative estimate of drug-likeness (QED) is 0.884. The average molecular weight is 320 g/mol. The number of nitrogens with one attached hydrogen (secondary N) is 1. The van der Waals surface area contributed by atoms with Gasteiger partial charge in [0.2, 0.25) is 0 Å². The Balaban J connectivity index is 1.67. The van der Waals surface area contributed by atoms with E-state index < -0.39 is 0 Å². The van der Waals surface area contributed by atoms with Gasteiger partial charge in [-0.2, -0.15) is 0 Å². The molecule has 0 aliphatic carbocycles. The molecular weight excluding hydrogens is 300 g/mol. The van der Waals surface area contributed by atoms with E-state index in [2.05, 4.69) is 19.8 Å². The molecule has 0 saturated carbocycles. The Hall–Kier alpha value is -1.73. The molecule has 3 rings (SSSR count). The van der Waals surface area contributed by atoms with E-state index in [1.54, 1.807) is 6.26 Å². The van der Waals surface area contributed by atoms with Crippen molar-refractivity contribution >= 4 is 17.4 Å². The van der Waals surface area contributed by atoms with Crippen LogP contribution in [-0.2, 0) is 6.42 Å². The van der Waals surface area contributed by atoms with Crippen LogP contribution in [-0.4, -0.2) is 40.0 Å². The lowest BCUT2D eigenvalue weighted by atomic mass is 10.2. The Labute approximate surface area is 133 Å². The van der Waals surface area contributed by atoms with Crippen LogP contribution in [0.5, 0.6) is 0 Å². The normalized spacial score (nSPS) is 16.8. The Kier molecular flexibility index (Phi) is 4.84. The molecule has 1 N–H and O–H groups in total. The van der Waals surface area contributed by atoms with Crippen molar-refractivity contribution in [2.24, 2.45) is 0 Å². The summed E-state index contributed by atoms with van der Waals surface area (Å²) in [6.45, 7) is 4.60. The van der Waals surface area contributed by atoms with Gasteiger partial charge in [-0.05, 0) is 56.0 Å². The molecule has 6 nitrogen and oxygen atoms in total. The highest BCUT2D eigenvalue weighted by atomic mass is 32.1. The molecule has 0 aromatic carbocycles. The van der Waals surface area contributed by atoms with Gasteiger partial charge in [0.05, 0.1) is 18.0 Å². The number of carbonyl (C=O) groups is 1. The fourth-order valence-electron chi connectivity index (χ4n) is 2.83. The topological polar surface area (TPSA) is 71.3 Å². The number of hydrogen-bond acceptors (Lipinski definition) is 6. The zero-order chi connectivity index (χ0) is 15.4. The largest absolute Gasteiger partial charge is 0.468 e. The van der Waals surface area contributed by atoms with Gasteiger partial charge in [-0.1, -0.05) is 11.4 Å². The van der Waals surface area contributed by atoms with Crippen molar-refractivity contribution in [3.05, 3.63) is 34.7 Å². The summed E-state index contributed by atoms with van der Waals surface area (Å²) in [5.41, 5.74) is 0.762. The molecule has 22 heavy (non-hydrogen) atoms. The standard InChI is InChI=1S/C15H20N4O2S/c1-2-11-14(22-18-17-11)15(20)16-10-12(13-6-5-9-21-13)19-7-3-4-8-19/h5-6,9,12H,2-4,7-8,10H2,1H3,(H,16,20)/t12-/m0/s1. The second kappa shape index (κ2) is 7.02. The van der Waals surface area contributed by atoms with Gasteiger partial charge >= 0.3 is 0 Å². The summed E-state index contributed by atoms with van der Waals surface area (Å²) in [6, 6.07) is 3.95. The van der Waals surface area contributed by atoms with Crippen LogP contribution in [0.1, 0.15) is 46.9 Å². The number of amides is 1. The molecule has 1 aliphatic rings. The molecule has 0 spiro atoms. The van der Waals surface area contributed by atoms with Gasteiger partial charge in [0.15, 0.2) is 0 Å². The SMILES string of the molecule is CCc1nnsc1C(=O)NC[C@@H](c1ccco1)N1CCCC1. The van der Waals surface area contributed by atoms with Crippen LogP contribution in [0.25, 0.3) is 0 Å². The minimum atomic E-state index is -0.0948. The molecule has 0 radical (unpaired) electrons. The van der Waals surface area contributed by atoms with E-state index in [9.17, 15) is 4.79 Å². The van der Waals surface area contributed by atoms with E-state index in [0.29, 0.717) is 17.8 Å². The van der Waals surface area contributed by atoms with Crippen molar-refractivity contribution in [1.82, 2.24) is 19.8 Å². The Bertz CT molecular complexity index is 605. The maximum absolute atomic E-state index is 12.3. The highest BCUT2D eigenvalue weighted by Gasteiger charge is 2.26. The van der Waals surface area contributed by atoms with Crippen LogP contribution >= 0.6 is 11.5 Å².